The summed E-state index contributed by atoms with van der Waals surface area (Å²) < 4.78 is 19.5. The smallest absolute Gasteiger partial charge is 0.189 e. The Kier molecular flexibility index (Phi) is 4.39. The third-order valence-corrected chi connectivity index (χ3v) is 4.08. The van der Waals surface area contributed by atoms with Gasteiger partial charge in [-0.15, -0.1) is 0 Å². The number of benzene rings is 1. The summed E-state index contributed by atoms with van der Waals surface area (Å²) in [6, 6.07) is 5.46. The Morgan fingerprint density at radius 2 is 2.24 bits per heavy atom. The molecule has 2 aliphatic rings. The van der Waals surface area contributed by atoms with Crippen molar-refractivity contribution in [1.29, 1.82) is 0 Å². The summed E-state index contributed by atoms with van der Waals surface area (Å²) >= 11 is 0. The number of nitrogens with one attached hydrogen (secondary N) is 1. The van der Waals surface area contributed by atoms with Crippen LogP contribution in [0.5, 0.6) is 0 Å². The molecule has 5 heteroatoms. The Hall–Kier alpha value is -1.62. The lowest BCUT2D eigenvalue weighted by molar-refractivity contribution is 0.114. The topological polar surface area (TPSA) is 59.6 Å². The molecule has 1 saturated heterocycles. The van der Waals surface area contributed by atoms with Crippen LogP contribution in [0, 0.1) is 5.82 Å². The van der Waals surface area contributed by atoms with E-state index in [1.54, 1.807) is 6.07 Å². The predicted octanol–water partition coefficient (Wildman–Crippen LogP) is 2.29. The Morgan fingerprint density at radius 3 is 2.90 bits per heavy atom. The molecule has 4 nitrogen and oxygen atoms in total. The van der Waals surface area contributed by atoms with Crippen LogP contribution in [-0.2, 0) is 11.3 Å². The SMILES string of the molecule is NC(=NCc1ccc(C2CC2)cc1F)NCC1CCCO1. The minimum Gasteiger partial charge on any atom is -0.376 e. The van der Waals surface area contributed by atoms with Gasteiger partial charge in [0, 0.05) is 18.7 Å². The number of aliphatic imine (C=N–C) groups is 1. The van der Waals surface area contributed by atoms with Crippen LogP contribution in [0.1, 0.15) is 42.7 Å². The van der Waals surface area contributed by atoms with Crippen molar-refractivity contribution in [2.75, 3.05) is 13.2 Å². The third-order valence-electron chi connectivity index (χ3n) is 4.08. The minimum atomic E-state index is -0.185. The van der Waals surface area contributed by atoms with Crippen LogP contribution in [0.3, 0.4) is 0 Å². The molecular formula is C16H22FN3O. The summed E-state index contributed by atoms with van der Waals surface area (Å²) in [5.41, 5.74) is 7.48. The number of halogens is 1. The lowest BCUT2D eigenvalue weighted by Gasteiger charge is -2.11. The number of nitrogens with zero attached hydrogens (tertiary/aromatic N) is 1. The quantitative estimate of drug-likeness (QED) is 0.646. The number of hydrogen-bond donors (Lipinski definition) is 2. The first kappa shape index (κ1) is 14.3. The second-order valence-electron chi connectivity index (χ2n) is 5.84. The lowest BCUT2D eigenvalue weighted by Crippen LogP contribution is -2.37. The van der Waals surface area contributed by atoms with Crippen molar-refractivity contribution in [2.45, 2.75) is 44.2 Å². The number of nitrogens with two attached hydrogens (primary N) is 1. The van der Waals surface area contributed by atoms with Gasteiger partial charge in [-0.1, -0.05) is 12.1 Å². The van der Waals surface area contributed by atoms with Crippen molar-refractivity contribution in [3.63, 3.8) is 0 Å². The van der Waals surface area contributed by atoms with Crippen molar-refractivity contribution in [3.05, 3.63) is 35.1 Å². The molecule has 3 rings (SSSR count). The average molecular weight is 291 g/mol. The van der Waals surface area contributed by atoms with Crippen molar-refractivity contribution >= 4 is 5.96 Å². The van der Waals surface area contributed by atoms with Gasteiger partial charge in [0.05, 0.1) is 12.6 Å². The van der Waals surface area contributed by atoms with E-state index in [1.165, 1.54) is 12.8 Å². The summed E-state index contributed by atoms with van der Waals surface area (Å²) in [5.74, 6) is 0.724. The minimum absolute atomic E-state index is 0.185. The second-order valence-corrected chi connectivity index (χ2v) is 5.84. The van der Waals surface area contributed by atoms with Crippen molar-refractivity contribution < 1.29 is 9.13 Å². The van der Waals surface area contributed by atoms with Gasteiger partial charge in [0.1, 0.15) is 5.82 Å². The molecule has 1 aliphatic carbocycles. The molecule has 0 bridgehead atoms. The van der Waals surface area contributed by atoms with Gasteiger partial charge in [-0.25, -0.2) is 9.38 Å². The maximum absolute atomic E-state index is 14.0. The zero-order valence-electron chi connectivity index (χ0n) is 12.1. The summed E-state index contributed by atoms with van der Waals surface area (Å²) in [5, 5.41) is 3.03. The highest BCUT2D eigenvalue weighted by molar-refractivity contribution is 5.77. The molecule has 0 aromatic heterocycles. The molecule has 1 atom stereocenters. The average Bonchev–Trinajstić information content (AvgIpc) is 3.20. The maximum Gasteiger partial charge on any atom is 0.189 e. The zero-order chi connectivity index (χ0) is 14.7. The fourth-order valence-corrected chi connectivity index (χ4v) is 2.61. The highest BCUT2D eigenvalue weighted by Gasteiger charge is 2.24. The van der Waals surface area contributed by atoms with E-state index in [1.807, 2.05) is 12.1 Å². The van der Waals surface area contributed by atoms with Crippen LogP contribution in [0.4, 0.5) is 4.39 Å². The Morgan fingerprint density at radius 1 is 1.38 bits per heavy atom. The fourth-order valence-electron chi connectivity index (χ4n) is 2.61. The Balaban J connectivity index is 1.51. The Bertz CT molecular complexity index is 522. The van der Waals surface area contributed by atoms with Gasteiger partial charge in [-0.3, -0.25) is 0 Å². The summed E-state index contributed by atoms with van der Waals surface area (Å²) in [4.78, 5) is 4.19. The standard InChI is InChI=1S/C16H22FN3O/c17-15-8-12(11-3-4-11)5-6-13(15)9-19-16(18)20-10-14-2-1-7-21-14/h5-6,8,11,14H,1-4,7,9-10H2,(H3,18,19,20). The second kappa shape index (κ2) is 6.43. The van der Waals surface area contributed by atoms with Gasteiger partial charge in [0.2, 0.25) is 0 Å². The van der Waals surface area contributed by atoms with Crippen LogP contribution < -0.4 is 11.1 Å². The van der Waals surface area contributed by atoms with E-state index >= 15 is 0 Å². The molecule has 0 radical (unpaired) electrons. The summed E-state index contributed by atoms with van der Waals surface area (Å²) in [6.07, 6.45) is 4.72. The molecule has 1 aromatic carbocycles. The number of hydrogen-bond acceptors (Lipinski definition) is 2. The van der Waals surface area contributed by atoms with Crippen molar-refractivity contribution in [1.82, 2.24) is 5.32 Å². The third kappa shape index (κ3) is 3.94. The van der Waals surface area contributed by atoms with Crippen LogP contribution in [0.25, 0.3) is 0 Å². The van der Waals surface area contributed by atoms with Crippen molar-refractivity contribution in [2.24, 2.45) is 10.7 Å². The first-order chi connectivity index (χ1) is 10.2. The zero-order valence-corrected chi connectivity index (χ0v) is 12.1. The van der Waals surface area contributed by atoms with Gasteiger partial charge in [-0.05, 0) is 43.2 Å². The highest BCUT2D eigenvalue weighted by atomic mass is 19.1. The van der Waals surface area contributed by atoms with Crippen LogP contribution >= 0.6 is 0 Å². The number of rotatable bonds is 5. The molecule has 1 unspecified atom stereocenters. The summed E-state index contributed by atoms with van der Waals surface area (Å²) in [7, 11) is 0. The van der Waals surface area contributed by atoms with Crippen LogP contribution in [0.2, 0.25) is 0 Å². The van der Waals surface area contributed by atoms with E-state index in [2.05, 4.69) is 10.3 Å². The number of guanidine groups is 1. The lowest BCUT2D eigenvalue weighted by atomic mass is 10.1. The van der Waals surface area contributed by atoms with E-state index in [4.69, 9.17) is 10.5 Å². The molecule has 3 N–H and O–H groups in total. The largest absolute Gasteiger partial charge is 0.376 e. The molecule has 0 amide bonds. The van der Waals surface area contributed by atoms with E-state index in [0.717, 1.165) is 25.0 Å². The van der Waals surface area contributed by atoms with Gasteiger partial charge in [-0.2, -0.15) is 0 Å². The van der Waals surface area contributed by atoms with E-state index in [0.29, 0.717) is 24.0 Å². The molecule has 1 heterocycles. The van der Waals surface area contributed by atoms with Crippen LogP contribution in [0.15, 0.2) is 23.2 Å². The Labute approximate surface area is 124 Å². The predicted molar refractivity (Wildman–Crippen MR) is 80.7 cm³/mol. The molecule has 1 aliphatic heterocycles. The van der Waals surface area contributed by atoms with E-state index in [-0.39, 0.29) is 18.5 Å². The molecule has 21 heavy (non-hydrogen) atoms. The van der Waals surface area contributed by atoms with Gasteiger partial charge >= 0.3 is 0 Å². The van der Waals surface area contributed by atoms with Crippen molar-refractivity contribution in [3.8, 4) is 0 Å². The molecule has 114 valence electrons. The summed E-state index contributed by atoms with van der Waals surface area (Å²) in [6.45, 7) is 1.75. The van der Waals surface area contributed by atoms with Gasteiger partial charge < -0.3 is 15.8 Å². The first-order valence-corrected chi connectivity index (χ1v) is 7.66. The number of ether oxygens (including phenoxy) is 1. The van der Waals surface area contributed by atoms with Gasteiger partial charge in [0.25, 0.3) is 0 Å². The monoisotopic (exact) mass is 291 g/mol. The molecule has 2 fully saturated rings. The first-order valence-electron chi connectivity index (χ1n) is 7.66. The van der Waals surface area contributed by atoms with E-state index in [9.17, 15) is 4.39 Å². The molecule has 1 saturated carbocycles. The molecular weight excluding hydrogens is 269 g/mol. The van der Waals surface area contributed by atoms with Crippen LogP contribution in [-0.4, -0.2) is 25.2 Å². The van der Waals surface area contributed by atoms with E-state index < -0.39 is 0 Å². The fraction of sp³-hybridized carbons (Fsp3) is 0.562. The normalized spacial score (nSPS) is 22.5. The molecule has 1 aromatic rings. The van der Waals surface area contributed by atoms with Gasteiger partial charge in [0.15, 0.2) is 5.96 Å². The highest BCUT2D eigenvalue weighted by Crippen LogP contribution is 2.40. The maximum atomic E-state index is 14.0. The molecule has 0 spiro atoms.